The smallest absolute Gasteiger partial charge is 0.309 e. The van der Waals surface area contributed by atoms with Crippen molar-refractivity contribution in [3.05, 3.63) is 35.4 Å². The average molecular weight is 190 g/mol. The standard InChI is InChI=1S/C12H14O2/c1-9-4-2-3-5-11(9)8-14-12(13)10-6-7-10/h2-5,10H,6-8H2,1H3. The summed E-state index contributed by atoms with van der Waals surface area (Å²) in [6, 6.07) is 7.98. The Morgan fingerprint density at radius 3 is 2.79 bits per heavy atom. The number of hydrogen-bond donors (Lipinski definition) is 0. The lowest BCUT2D eigenvalue weighted by atomic mass is 10.1. The van der Waals surface area contributed by atoms with E-state index in [0.29, 0.717) is 6.61 Å². The van der Waals surface area contributed by atoms with Crippen LogP contribution < -0.4 is 0 Å². The minimum absolute atomic E-state index is 0.0340. The quantitative estimate of drug-likeness (QED) is 0.684. The van der Waals surface area contributed by atoms with Crippen molar-refractivity contribution in [1.29, 1.82) is 0 Å². The van der Waals surface area contributed by atoms with Crippen LogP contribution in [0.2, 0.25) is 0 Å². The molecule has 1 aliphatic carbocycles. The molecule has 0 bridgehead atoms. The summed E-state index contributed by atoms with van der Waals surface area (Å²) in [7, 11) is 0. The molecule has 2 nitrogen and oxygen atoms in total. The van der Waals surface area contributed by atoms with Crippen molar-refractivity contribution in [3.63, 3.8) is 0 Å². The van der Waals surface area contributed by atoms with Gasteiger partial charge in [0, 0.05) is 0 Å². The van der Waals surface area contributed by atoms with Crippen LogP contribution in [0.3, 0.4) is 0 Å². The van der Waals surface area contributed by atoms with Crippen LogP contribution in [0, 0.1) is 12.8 Å². The number of benzene rings is 1. The largest absolute Gasteiger partial charge is 0.461 e. The second-order valence-corrected chi connectivity index (χ2v) is 3.81. The van der Waals surface area contributed by atoms with Gasteiger partial charge in [0.15, 0.2) is 0 Å². The van der Waals surface area contributed by atoms with Gasteiger partial charge in [-0.1, -0.05) is 24.3 Å². The number of carbonyl (C=O) groups excluding carboxylic acids is 1. The molecular formula is C12H14O2. The third-order valence-corrected chi connectivity index (χ3v) is 2.54. The van der Waals surface area contributed by atoms with Crippen molar-refractivity contribution in [1.82, 2.24) is 0 Å². The molecule has 0 aromatic heterocycles. The Bertz CT molecular complexity index is 340. The average Bonchev–Trinajstić information content (AvgIpc) is 2.99. The van der Waals surface area contributed by atoms with Crippen molar-refractivity contribution in [3.8, 4) is 0 Å². The van der Waals surface area contributed by atoms with Crippen molar-refractivity contribution in [2.24, 2.45) is 5.92 Å². The van der Waals surface area contributed by atoms with Crippen LogP contribution in [0.15, 0.2) is 24.3 Å². The maximum absolute atomic E-state index is 11.3. The Balaban J connectivity index is 1.91. The highest BCUT2D eigenvalue weighted by atomic mass is 16.5. The summed E-state index contributed by atoms with van der Waals surface area (Å²) in [5.74, 6) is 0.160. The van der Waals surface area contributed by atoms with Gasteiger partial charge in [-0.2, -0.15) is 0 Å². The van der Waals surface area contributed by atoms with E-state index in [1.54, 1.807) is 0 Å². The predicted octanol–water partition coefficient (Wildman–Crippen LogP) is 2.45. The summed E-state index contributed by atoms with van der Waals surface area (Å²) in [6.45, 7) is 2.45. The van der Waals surface area contributed by atoms with Gasteiger partial charge in [0.05, 0.1) is 5.92 Å². The van der Waals surface area contributed by atoms with Gasteiger partial charge in [0.2, 0.25) is 0 Å². The number of esters is 1. The summed E-state index contributed by atoms with van der Waals surface area (Å²) < 4.78 is 5.19. The molecule has 2 heteroatoms. The number of carbonyl (C=O) groups is 1. The summed E-state index contributed by atoms with van der Waals surface area (Å²) in [5.41, 5.74) is 2.28. The molecule has 1 saturated carbocycles. The molecule has 14 heavy (non-hydrogen) atoms. The molecule has 0 aliphatic heterocycles. The van der Waals surface area contributed by atoms with E-state index < -0.39 is 0 Å². The highest BCUT2D eigenvalue weighted by Crippen LogP contribution is 2.30. The topological polar surface area (TPSA) is 26.3 Å². The normalized spacial score (nSPS) is 15.2. The highest BCUT2D eigenvalue weighted by molar-refractivity contribution is 5.74. The number of aryl methyl sites for hydroxylation is 1. The molecule has 0 radical (unpaired) electrons. The van der Waals surface area contributed by atoms with Crippen LogP contribution in [-0.2, 0) is 16.1 Å². The van der Waals surface area contributed by atoms with E-state index in [1.807, 2.05) is 31.2 Å². The second-order valence-electron chi connectivity index (χ2n) is 3.81. The fourth-order valence-corrected chi connectivity index (χ4v) is 1.36. The lowest BCUT2D eigenvalue weighted by Gasteiger charge is -2.06. The van der Waals surface area contributed by atoms with Gasteiger partial charge in [-0.05, 0) is 30.9 Å². The maximum Gasteiger partial charge on any atom is 0.309 e. The van der Waals surface area contributed by atoms with Crippen molar-refractivity contribution in [2.45, 2.75) is 26.4 Å². The fraction of sp³-hybridized carbons (Fsp3) is 0.417. The second kappa shape index (κ2) is 3.82. The number of rotatable bonds is 3. The minimum Gasteiger partial charge on any atom is -0.461 e. The minimum atomic E-state index is -0.0340. The van der Waals surface area contributed by atoms with Crippen molar-refractivity contribution < 1.29 is 9.53 Å². The van der Waals surface area contributed by atoms with Gasteiger partial charge >= 0.3 is 5.97 Å². The van der Waals surface area contributed by atoms with Crippen LogP contribution in [0.1, 0.15) is 24.0 Å². The first-order valence-corrected chi connectivity index (χ1v) is 4.98. The molecule has 1 aliphatic rings. The van der Waals surface area contributed by atoms with E-state index in [9.17, 15) is 4.79 Å². The Labute approximate surface area is 83.9 Å². The molecule has 74 valence electrons. The third-order valence-electron chi connectivity index (χ3n) is 2.54. The summed E-state index contributed by atoms with van der Waals surface area (Å²) in [4.78, 5) is 11.3. The van der Waals surface area contributed by atoms with Crippen LogP contribution in [0.25, 0.3) is 0 Å². The summed E-state index contributed by atoms with van der Waals surface area (Å²) in [5, 5.41) is 0. The van der Waals surface area contributed by atoms with Crippen LogP contribution in [0.4, 0.5) is 0 Å². The Hall–Kier alpha value is -1.31. The molecule has 1 aromatic rings. The first kappa shape index (κ1) is 9.25. The molecule has 0 atom stereocenters. The molecule has 0 heterocycles. The van der Waals surface area contributed by atoms with E-state index in [0.717, 1.165) is 18.4 Å². The Kier molecular flexibility index (Phi) is 2.53. The molecule has 2 rings (SSSR count). The van der Waals surface area contributed by atoms with Gasteiger partial charge in [-0.25, -0.2) is 0 Å². The lowest BCUT2D eigenvalue weighted by Crippen LogP contribution is -2.06. The molecule has 1 aromatic carbocycles. The summed E-state index contributed by atoms with van der Waals surface area (Å²) in [6.07, 6.45) is 2.01. The predicted molar refractivity (Wildman–Crippen MR) is 53.7 cm³/mol. The Morgan fingerprint density at radius 1 is 1.43 bits per heavy atom. The zero-order chi connectivity index (χ0) is 9.97. The number of hydrogen-bond acceptors (Lipinski definition) is 2. The third kappa shape index (κ3) is 2.13. The molecular weight excluding hydrogens is 176 g/mol. The monoisotopic (exact) mass is 190 g/mol. The Morgan fingerprint density at radius 2 is 2.14 bits per heavy atom. The number of ether oxygens (including phenoxy) is 1. The molecule has 0 amide bonds. The highest BCUT2D eigenvalue weighted by Gasteiger charge is 2.31. The van der Waals surface area contributed by atoms with Gasteiger partial charge in [-0.3, -0.25) is 4.79 Å². The van der Waals surface area contributed by atoms with Crippen molar-refractivity contribution in [2.75, 3.05) is 0 Å². The first-order valence-electron chi connectivity index (χ1n) is 4.98. The maximum atomic E-state index is 11.3. The van der Waals surface area contributed by atoms with Gasteiger partial charge < -0.3 is 4.74 Å². The van der Waals surface area contributed by atoms with Gasteiger partial charge in [0.25, 0.3) is 0 Å². The van der Waals surface area contributed by atoms with Crippen LogP contribution in [0.5, 0.6) is 0 Å². The van der Waals surface area contributed by atoms with E-state index >= 15 is 0 Å². The van der Waals surface area contributed by atoms with E-state index in [1.165, 1.54) is 5.56 Å². The zero-order valence-electron chi connectivity index (χ0n) is 8.32. The summed E-state index contributed by atoms with van der Waals surface area (Å²) >= 11 is 0. The van der Waals surface area contributed by atoms with Crippen molar-refractivity contribution >= 4 is 5.97 Å². The SMILES string of the molecule is Cc1ccccc1COC(=O)C1CC1. The van der Waals surface area contributed by atoms with Crippen LogP contribution in [-0.4, -0.2) is 5.97 Å². The zero-order valence-corrected chi connectivity index (χ0v) is 8.32. The molecule has 0 spiro atoms. The van der Waals surface area contributed by atoms with E-state index in [4.69, 9.17) is 4.74 Å². The first-order chi connectivity index (χ1) is 6.77. The molecule has 0 saturated heterocycles. The molecule has 1 fully saturated rings. The van der Waals surface area contributed by atoms with E-state index in [2.05, 4.69) is 0 Å². The fourth-order valence-electron chi connectivity index (χ4n) is 1.36. The molecule has 0 N–H and O–H groups in total. The lowest BCUT2D eigenvalue weighted by molar-refractivity contribution is -0.146. The van der Waals surface area contributed by atoms with Crippen LogP contribution >= 0.6 is 0 Å². The van der Waals surface area contributed by atoms with E-state index in [-0.39, 0.29) is 11.9 Å². The molecule has 0 unspecified atom stereocenters. The van der Waals surface area contributed by atoms with Gasteiger partial charge in [0.1, 0.15) is 6.61 Å². The van der Waals surface area contributed by atoms with Gasteiger partial charge in [-0.15, -0.1) is 0 Å².